The lowest BCUT2D eigenvalue weighted by molar-refractivity contribution is 0.337. The Hall–Kier alpha value is -2.87. The second-order valence-electron chi connectivity index (χ2n) is 6.15. The van der Waals surface area contributed by atoms with E-state index >= 15 is 0 Å². The van der Waals surface area contributed by atoms with Gasteiger partial charge in [0.15, 0.2) is 5.82 Å². The molecule has 142 valence electrons. The fourth-order valence-corrected chi connectivity index (χ4v) is 4.04. The number of ether oxygens (including phenoxy) is 1. The summed E-state index contributed by atoms with van der Waals surface area (Å²) in [6.45, 7) is 7.72. The van der Waals surface area contributed by atoms with Crippen molar-refractivity contribution in [2.75, 3.05) is 11.3 Å². The van der Waals surface area contributed by atoms with Gasteiger partial charge >= 0.3 is 0 Å². The second kappa shape index (κ2) is 7.40. The third-order valence-corrected chi connectivity index (χ3v) is 5.50. The summed E-state index contributed by atoms with van der Waals surface area (Å²) >= 11 is 0. The third-order valence-electron chi connectivity index (χ3n) is 3.97. The lowest BCUT2D eigenvalue weighted by atomic mass is 10.1. The summed E-state index contributed by atoms with van der Waals surface area (Å²) in [5.74, 6) is 1.61. The van der Waals surface area contributed by atoms with Gasteiger partial charge in [-0.2, -0.15) is 4.98 Å². The highest BCUT2D eigenvalue weighted by Crippen LogP contribution is 2.28. The smallest absolute Gasteiger partial charge is 0.262 e. The minimum Gasteiger partial charge on any atom is -0.494 e. The lowest BCUT2D eigenvalue weighted by Crippen LogP contribution is -2.14. The van der Waals surface area contributed by atoms with E-state index in [4.69, 9.17) is 9.26 Å². The summed E-state index contributed by atoms with van der Waals surface area (Å²) < 4.78 is 38.9. The van der Waals surface area contributed by atoms with E-state index in [-0.39, 0.29) is 4.90 Å². The van der Waals surface area contributed by atoms with Crippen LogP contribution in [0.3, 0.4) is 0 Å². The summed E-state index contributed by atoms with van der Waals surface area (Å²) in [5.41, 5.74) is 2.55. The van der Waals surface area contributed by atoms with E-state index in [2.05, 4.69) is 14.9 Å². The average Bonchev–Trinajstić information content (AvgIpc) is 3.04. The first kappa shape index (κ1) is 18.9. The van der Waals surface area contributed by atoms with Gasteiger partial charge in [-0.05, 0) is 75.2 Å². The molecule has 0 spiro atoms. The molecule has 0 aliphatic rings. The van der Waals surface area contributed by atoms with Crippen LogP contribution in [0.5, 0.6) is 5.75 Å². The molecule has 1 heterocycles. The minimum atomic E-state index is -3.73. The van der Waals surface area contributed by atoms with Crippen LogP contribution in [0, 0.1) is 20.8 Å². The number of hydrogen-bond donors (Lipinski definition) is 1. The summed E-state index contributed by atoms with van der Waals surface area (Å²) in [4.78, 5) is 4.37. The average molecular weight is 387 g/mol. The van der Waals surface area contributed by atoms with Crippen molar-refractivity contribution < 1.29 is 17.7 Å². The van der Waals surface area contributed by atoms with Gasteiger partial charge in [-0.3, -0.25) is 4.72 Å². The highest BCUT2D eigenvalue weighted by Gasteiger charge is 2.19. The van der Waals surface area contributed by atoms with E-state index in [1.807, 2.05) is 13.8 Å². The number of anilines is 1. The van der Waals surface area contributed by atoms with Crippen molar-refractivity contribution in [3.05, 3.63) is 53.3 Å². The molecule has 1 N–H and O–H groups in total. The Morgan fingerprint density at radius 3 is 2.37 bits per heavy atom. The van der Waals surface area contributed by atoms with Crippen molar-refractivity contribution in [2.45, 2.75) is 32.6 Å². The Morgan fingerprint density at radius 2 is 1.78 bits per heavy atom. The standard InChI is InChI=1S/C19H21N3O4S/c1-5-25-17-10-13(3)18(11-12(17)2)27(23,24)22-16-8-6-15(7-9-16)19-20-14(4)21-26-19/h6-11,22H,5H2,1-4H3. The van der Waals surface area contributed by atoms with Gasteiger partial charge < -0.3 is 9.26 Å². The van der Waals surface area contributed by atoms with E-state index in [1.54, 1.807) is 50.2 Å². The zero-order chi connectivity index (χ0) is 19.6. The number of hydrogen-bond acceptors (Lipinski definition) is 6. The second-order valence-corrected chi connectivity index (χ2v) is 7.80. The summed E-state index contributed by atoms with van der Waals surface area (Å²) in [7, 11) is -3.73. The van der Waals surface area contributed by atoms with Gasteiger partial charge in [-0.15, -0.1) is 0 Å². The number of aromatic nitrogens is 2. The van der Waals surface area contributed by atoms with Gasteiger partial charge in [0.1, 0.15) is 5.75 Å². The highest BCUT2D eigenvalue weighted by molar-refractivity contribution is 7.92. The molecule has 3 aromatic rings. The molecule has 8 heteroatoms. The van der Waals surface area contributed by atoms with Crippen molar-refractivity contribution in [3.8, 4) is 17.2 Å². The van der Waals surface area contributed by atoms with Gasteiger partial charge in [0.25, 0.3) is 15.9 Å². The molecule has 27 heavy (non-hydrogen) atoms. The lowest BCUT2D eigenvalue weighted by Gasteiger charge is -2.14. The number of rotatable bonds is 6. The van der Waals surface area contributed by atoms with Crippen molar-refractivity contribution >= 4 is 15.7 Å². The highest BCUT2D eigenvalue weighted by atomic mass is 32.2. The predicted octanol–water partition coefficient (Wildman–Crippen LogP) is 3.86. The summed E-state index contributed by atoms with van der Waals surface area (Å²) in [6, 6.07) is 10.1. The summed E-state index contributed by atoms with van der Waals surface area (Å²) in [5, 5.41) is 3.74. The molecule has 0 bridgehead atoms. The number of sulfonamides is 1. The molecule has 2 aromatic carbocycles. The molecular weight excluding hydrogens is 366 g/mol. The molecule has 1 aromatic heterocycles. The molecule has 0 amide bonds. The van der Waals surface area contributed by atoms with Crippen LogP contribution in [0.15, 0.2) is 45.8 Å². The molecule has 0 saturated heterocycles. The van der Waals surface area contributed by atoms with Gasteiger partial charge in [0.2, 0.25) is 0 Å². The predicted molar refractivity (Wildman–Crippen MR) is 102 cm³/mol. The van der Waals surface area contributed by atoms with E-state index in [0.29, 0.717) is 40.9 Å². The van der Waals surface area contributed by atoms with Crippen LogP contribution in [-0.4, -0.2) is 25.2 Å². The maximum absolute atomic E-state index is 12.8. The molecule has 0 aliphatic heterocycles. The van der Waals surface area contributed by atoms with Crippen LogP contribution < -0.4 is 9.46 Å². The van der Waals surface area contributed by atoms with Crippen LogP contribution in [0.25, 0.3) is 11.5 Å². The summed E-state index contributed by atoms with van der Waals surface area (Å²) in [6.07, 6.45) is 0. The van der Waals surface area contributed by atoms with E-state index in [9.17, 15) is 8.42 Å². The molecule has 7 nitrogen and oxygen atoms in total. The van der Waals surface area contributed by atoms with Crippen LogP contribution in [-0.2, 0) is 10.0 Å². The van der Waals surface area contributed by atoms with Crippen LogP contribution in [0.1, 0.15) is 23.9 Å². The quantitative estimate of drug-likeness (QED) is 0.690. The Balaban J connectivity index is 1.85. The van der Waals surface area contributed by atoms with Crippen molar-refractivity contribution in [2.24, 2.45) is 0 Å². The van der Waals surface area contributed by atoms with Gasteiger partial charge in [0, 0.05) is 11.3 Å². The first-order valence-corrected chi connectivity index (χ1v) is 9.96. The SMILES string of the molecule is CCOc1cc(C)c(S(=O)(=O)Nc2ccc(-c3nc(C)no3)cc2)cc1C. The normalized spacial score (nSPS) is 11.4. The molecule has 0 unspecified atom stereocenters. The van der Waals surface area contributed by atoms with Gasteiger partial charge in [-0.25, -0.2) is 8.42 Å². The largest absolute Gasteiger partial charge is 0.494 e. The van der Waals surface area contributed by atoms with Gasteiger partial charge in [-0.1, -0.05) is 5.16 Å². The minimum absolute atomic E-state index is 0.222. The fraction of sp³-hybridized carbons (Fsp3) is 0.263. The van der Waals surface area contributed by atoms with Crippen LogP contribution >= 0.6 is 0 Å². The van der Waals surface area contributed by atoms with E-state index in [0.717, 1.165) is 5.56 Å². The molecule has 0 radical (unpaired) electrons. The first-order valence-electron chi connectivity index (χ1n) is 8.48. The maximum atomic E-state index is 12.8. The Labute approximate surface area is 158 Å². The Bertz CT molecular complexity index is 1060. The van der Waals surface area contributed by atoms with Crippen molar-refractivity contribution in [1.82, 2.24) is 10.1 Å². The zero-order valence-electron chi connectivity index (χ0n) is 15.6. The molecule has 0 fully saturated rings. The Kier molecular flexibility index (Phi) is 5.18. The molecule has 0 saturated carbocycles. The van der Waals surface area contributed by atoms with E-state index in [1.165, 1.54) is 0 Å². The van der Waals surface area contributed by atoms with Crippen LogP contribution in [0.4, 0.5) is 5.69 Å². The van der Waals surface area contributed by atoms with Gasteiger partial charge in [0.05, 0.1) is 11.5 Å². The number of nitrogens with zero attached hydrogens (tertiary/aromatic N) is 2. The first-order chi connectivity index (χ1) is 12.8. The maximum Gasteiger partial charge on any atom is 0.262 e. The van der Waals surface area contributed by atoms with E-state index < -0.39 is 10.0 Å². The third kappa shape index (κ3) is 4.11. The number of nitrogens with one attached hydrogen (secondary N) is 1. The molecular formula is C19H21N3O4S. The topological polar surface area (TPSA) is 94.3 Å². The van der Waals surface area contributed by atoms with Crippen molar-refractivity contribution in [1.29, 1.82) is 0 Å². The van der Waals surface area contributed by atoms with Crippen LogP contribution in [0.2, 0.25) is 0 Å². The Morgan fingerprint density at radius 1 is 1.07 bits per heavy atom. The monoisotopic (exact) mass is 387 g/mol. The van der Waals surface area contributed by atoms with Crippen molar-refractivity contribution in [3.63, 3.8) is 0 Å². The molecule has 0 atom stereocenters. The molecule has 0 aliphatic carbocycles. The zero-order valence-corrected chi connectivity index (χ0v) is 16.4. The molecule has 3 rings (SSSR count). The fourth-order valence-electron chi connectivity index (χ4n) is 2.67. The number of benzene rings is 2. The number of aryl methyl sites for hydroxylation is 3.